The summed E-state index contributed by atoms with van der Waals surface area (Å²) in [6.45, 7) is 3.32. The van der Waals surface area contributed by atoms with Crippen LogP contribution in [0.25, 0.3) is 0 Å². The molecule has 0 bridgehead atoms. The lowest BCUT2D eigenvalue weighted by Crippen LogP contribution is -2.48. The van der Waals surface area contributed by atoms with Crippen molar-refractivity contribution in [1.82, 2.24) is 10.6 Å². The maximum Gasteiger partial charge on any atom is 0.191 e. The third kappa shape index (κ3) is 2.87. The Hall–Kier alpha value is -0.770. The first-order valence-electron chi connectivity index (χ1n) is 5.47. The Kier molecular flexibility index (Phi) is 2.91. The van der Waals surface area contributed by atoms with E-state index in [4.69, 9.17) is 0 Å². The van der Waals surface area contributed by atoms with E-state index in [1.165, 1.54) is 19.3 Å². The van der Waals surface area contributed by atoms with Crippen LogP contribution in [0.5, 0.6) is 0 Å². The molecule has 0 saturated heterocycles. The number of aliphatic hydroxyl groups excluding tert-OH is 1. The van der Waals surface area contributed by atoms with Gasteiger partial charge in [0.15, 0.2) is 5.96 Å². The van der Waals surface area contributed by atoms with E-state index < -0.39 is 0 Å². The Morgan fingerprint density at radius 2 is 2.43 bits per heavy atom. The maximum atomic E-state index is 9.22. The van der Waals surface area contributed by atoms with Gasteiger partial charge in [0.1, 0.15) is 0 Å². The second-order valence-corrected chi connectivity index (χ2v) is 4.45. The summed E-state index contributed by atoms with van der Waals surface area (Å²) < 4.78 is 0. The molecule has 0 spiro atoms. The van der Waals surface area contributed by atoms with E-state index in [-0.39, 0.29) is 6.10 Å². The third-order valence-corrected chi connectivity index (χ3v) is 2.73. The van der Waals surface area contributed by atoms with E-state index in [9.17, 15) is 5.11 Å². The summed E-state index contributed by atoms with van der Waals surface area (Å²) >= 11 is 0. The molecule has 2 atom stereocenters. The summed E-state index contributed by atoms with van der Waals surface area (Å²) in [6, 6.07) is 0.490. The number of guanidine groups is 1. The van der Waals surface area contributed by atoms with Gasteiger partial charge in [0.2, 0.25) is 0 Å². The van der Waals surface area contributed by atoms with Gasteiger partial charge in [0.25, 0.3) is 0 Å². The Morgan fingerprint density at radius 1 is 1.64 bits per heavy atom. The maximum absolute atomic E-state index is 9.22. The average molecular weight is 197 g/mol. The van der Waals surface area contributed by atoms with Gasteiger partial charge in [-0.15, -0.1) is 0 Å². The fourth-order valence-electron chi connectivity index (χ4n) is 1.77. The van der Waals surface area contributed by atoms with Gasteiger partial charge in [-0.2, -0.15) is 0 Å². The van der Waals surface area contributed by atoms with Crippen LogP contribution in [-0.4, -0.2) is 36.3 Å². The summed E-state index contributed by atoms with van der Waals surface area (Å²) in [6.07, 6.45) is 3.71. The second kappa shape index (κ2) is 4.17. The van der Waals surface area contributed by atoms with E-state index in [1.807, 2.05) is 0 Å². The highest BCUT2D eigenvalue weighted by atomic mass is 16.3. The largest absolute Gasteiger partial charge is 0.389 e. The van der Waals surface area contributed by atoms with Crippen molar-refractivity contribution in [1.29, 1.82) is 0 Å². The van der Waals surface area contributed by atoms with Crippen molar-refractivity contribution in [2.75, 3.05) is 13.1 Å². The second-order valence-electron chi connectivity index (χ2n) is 4.45. The zero-order valence-corrected chi connectivity index (χ0v) is 8.66. The molecule has 4 heteroatoms. The Bertz CT molecular complexity index is 225. The first-order valence-corrected chi connectivity index (χ1v) is 5.47. The highest BCUT2D eigenvalue weighted by molar-refractivity contribution is 5.80. The molecule has 2 rings (SSSR count). The summed E-state index contributed by atoms with van der Waals surface area (Å²) in [5, 5.41) is 15.6. The molecule has 80 valence electrons. The molecule has 0 radical (unpaired) electrons. The number of nitrogens with zero attached hydrogens (tertiary/aromatic N) is 1. The number of nitrogens with one attached hydrogen (secondary N) is 2. The number of aliphatic imine (C=N–C) groups is 1. The molecule has 0 aromatic heterocycles. The van der Waals surface area contributed by atoms with Gasteiger partial charge in [-0.25, -0.2) is 0 Å². The molecule has 4 nitrogen and oxygen atoms in total. The van der Waals surface area contributed by atoms with Crippen LogP contribution < -0.4 is 10.6 Å². The standard InChI is InChI=1S/C10H19N3O/c1-7(4-8-2-3-8)13-10-11-5-9(14)6-12-10/h7-9,14H,2-6H2,1H3,(H2,11,12,13). The topological polar surface area (TPSA) is 56.7 Å². The van der Waals surface area contributed by atoms with Gasteiger partial charge in [0.05, 0.1) is 12.6 Å². The smallest absolute Gasteiger partial charge is 0.191 e. The molecule has 1 saturated carbocycles. The predicted octanol–water partition coefficient (Wildman–Crippen LogP) is 0.0847. The molecule has 1 heterocycles. The Balaban J connectivity index is 1.72. The SMILES string of the molecule is CC(CC1CC1)NC1=NCC(O)CN1. The van der Waals surface area contributed by atoms with Crippen LogP contribution in [0.4, 0.5) is 0 Å². The van der Waals surface area contributed by atoms with Crippen LogP contribution >= 0.6 is 0 Å². The fourth-order valence-corrected chi connectivity index (χ4v) is 1.77. The van der Waals surface area contributed by atoms with Crippen LogP contribution in [0, 0.1) is 5.92 Å². The van der Waals surface area contributed by atoms with Crippen molar-refractivity contribution in [2.24, 2.45) is 10.9 Å². The van der Waals surface area contributed by atoms with E-state index in [0.29, 0.717) is 19.1 Å². The van der Waals surface area contributed by atoms with Crippen LogP contribution in [0.3, 0.4) is 0 Å². The molecule has 1 aliphatic carbocycles. The van der Waals surface area contributed by atoms with E-state index in [0.717, 1.165) is 11.9 Å². The van der Waals surface area contributed by atoms with Gasteiger partial charge < -0.3 is 15.7 Å². The quantitative estimate of drug-likeness (QED) is 0.601. The number of β-amino-alcohol motifs (C(OH)–C–C–N with tert-alkyl or cyclic N) is 1. The number of hydrogen-bond acceptors (Lipinski definition) is 4. The van der Waals surface area contributed by atoms with Crippen molar-refractivity contribution < 1.29 is 5.11 Å². The summed E-state index contributed by atoms with van der Waals surface area (Å²) in [5.74, 6) is 1.79. The highest BCUT2D eigenvalue weighted by Gasteiger charge is 2.24. The van der Waals surface area contributed by atoms with Gasteiger partial charge in [-0.3, -0.25) is 4.99 Å². The highest BCUT2D eigenvalue weighted by Crippen LogP contribution is 2.33. The Morgan fingerprint density at radius 3 is 3.00 bits per heavy atom. The average Bonchev–Trinajstić information content (AvgIpc) is 2.93. The molecule has 0 amide bonds. The molecule has 2 aliphatic rings. The molecule has 2 unspecified atom stereocenters. The van der Waals surface area contributed by atoms with Crippen molar-refractivity contribution in [3.05, 3.63) is 0 Å². The van der Waals surface area contributed by atoms with E-state index in [2.05, 4.69) is 22.5 Å². The monoisotopic (exact) mass is 197 g/mol. The molecular formula is C10H19N3O. The molecular weight excluding hydrogens is 178 g/mol. The molecule has 1 fully saturated rings. The zero-order chi connectivity index (χ0) is 9.97. The molecule has 14 heavy (non-hydrogen) atoms. The first kappa shape index (κ1) is 9.77. The molecule has 0 aromatic carbocycles. The molecule has 3 N–H and O–H groups in total. The lowest BCUT2D eigenvalue weighted by atomic mass is 10.1. The first-order chi connectivity index (χ1) is 6.74. The van der Waals surface area contributed by atoms with Crippen molar-refractivity contribution in [3.8, 4) is 0 Å². The molecule has 0 aromatic rings. The lowest BCUT2D eigenvalue weighted by molar-refractivity contribution is 0.180. The van der Waals surface area contributed by atoms with Crippen LogP contribution in [0.1, 0.15) is 26.2 Å². The van der Waals surface area contributed by atoms with Crippen LogP contribution in [-0.2, 0) is 0 Å². The Labute approximate surface area is 84.8 Å². The zero-order valence-electron chi connectivity index (χ0n) is 8.66. The van der Waals surface area contributed by atoms with Gasteiger partial charge in [-0.05, 0) is 19.3 Å². The van der Waals surface area contributed by atoms with Crippen molar-refractivity contribution in [3.63, 3.8) is 0 Å². The van der Waals surface area contributed by atoms with E-state index >= 15 is 0 Å². The van der Waals surface area contributed by atoms with Gasteiger partial charge in [-0.1, -0.05) is 12.8 Å². The molecule has 1 aliphatic heterocycles. The van der Waals surface area contributed by atoms with Crippen LogP contribution in [0.2, 0.25) is 0 Å². The number of rotatable bonds is 3. The minimum absolute atomic E-state index is 0.320. The third-order valence-electron chi connectivity index (χ3n) is 2.73. The summed E-state index contributed by atoms with van der Waals surface area (Å²) in [4.78, 5) is 4.22. The van der Waals surface area contributed by atoms with Crippen molar-refractivity contribution >= 4 is 5.96 Å². The summed E-state index contributed by atoms with van der Waals surface area (Å²) in [5.41, 5.74) is 0. The minimum atomic E-state index is -0.320. The lowest BCUT2D eigenvalue weighted by Gasteiger charge is -2.23. The van der Waals surface area contributed by atoms with Crippen LogP contribution in [0.15, 0.2) is 4.99 Å². The summed E-state index contributed by atoms with van der Waals surface area (Å²) in [7, 11) is 0. The fraction of sp³-hybridized carbons (Fsp3) is 0.900. The predicted molar refractivity (Wildman–Crippen MR) is 56.3 cm³/mol. The van der Waals surface area contributed by atoms with Gasteiger partial charge >= 0.3 is 0 Å². The van der Waals surface area contributed by atoms with Crippen molar-refractivity contribution in [2.45, 2.75) is 38.3 Å². The van der Waals surface area contributed by atoms with Gasteiger partial charge in [0, 0.05) is 12.6 Å². The minimum Gasteiger partial charge on any atom is -0.389 e. The number of aliphatic hydroxyl groups is 1. The normalized spacial score (nSPS) is 29.0. The number of hydrogen-bond donors (Lipinski definition) is 3. The van der Waals surface area contributed by atoms with E-state index in [1.54, 1.807) is 0 Å².